The molecule has 25 heavy (non-hydrogen) atoms. The second-order valence-electron chi connectivity index (χ2n) is 5.84. The topological polar surface area (TPSA) is 65.2 Å². The van der Waals surface area contributed by atoms with Crippen molar-refractivity contribution in [3.8, 4) is 0 Å². The van der Waals surface area contributed by atoms with E-state index in [-0.39, 0.29) is 11.7 Å². The maximum Gasteiger partial charge on any atom is 0.329 e. The Morgan fingerprint density at radius 2 is 1.96 bits per heavy atom. The molecule has 3 amide bonds. The van der Waals surface area contributed by atoms with Gasteiger partial charge < -0.3 is 10.3 Å². The zero-order valence-corrected chi connectivity index (χ0v) is 13.7. The van der Waals surface area contributed by atoms with Gasteiger partial charge in [-0.2, -0.15) is 0 Å². The lowest BCUT2D eigenvalue weighted by atomic mass is 10.0. The molecule has 2 heterocycles. The standard InChI is InChI=1S/C18H13ClFN3O2/c19-13-3-1-2-4-16(13)23-17(24)15(22-18(23)25)7-10-9-21-14-8-11(20)5-6-12(10)14/h1-6,8-9,15,21H,7H2,(H,22,25)/t15-/m0/s1. The second-order valence-corrected chi connectivity index (χ2v) is 6.24. The third-order valence-corrected chi connectivity index (χ3v) is 4.59. The first kappa shape index (κ1) is 15.7. The molecule has 2 N–H and O–H groups in total. The quantitative estimate of drug-likeness (QED) is 0.703. The van der Waals surface area contributed by atoms with Crippen LogP contribution in [0.2, 0.25) is 5.02 Å². The third kappa shape index (κ3) is 2.64. The summed E-state index contributed by atoms with van der Waals surface area (Å²) in [5.74, 6) is -0.703. The van der Waals surface area contributed by atoms with Crippen molar-refractivity contribution in [3.05, 3.63) is 65.1 Å². The molecular formula is C18H13ClFN3O2. The van der Waals surface area contributed by atoms with Crippen molar-refractivity contribution < 1.29 is 14.0 Å². The molecule has 1 atom stereocenters. The van der Waals surface area contributed by atoms with Crippen molar-refractivity contribution in [1.82, 2.24) is 10.3 Å². The summed E-state index contributed by atoms with van der Waals surface area (Å²) in [5.41, 5.74) is 1.83. The molecular weight excluding hydrogens is 345 g/mol. The molecule has 3 aromatic rings. The van der Waals surface area contributed by atoms with Crippen molar-refractivity contribution in [1.29, 1.82) is 0 Å². The largest absolute Gasteiger partial charge is 0.361 e. The number of rotatable bonds is 3. The predicted octanol–water partition coefficient (Wildman–Crippen LogP) is 3.63. The fourth-order valence-corrected chi connectivity index (χ4v) is 3.30. The number of carbonyl (C=O) groups is 2. The molecule has 0 saturated carbocycles. The van der Waals surface area contributed by atoms with Crippen LogP contribution in [-0.4, -0.2) is 23.0 Å². The zero-order valence-electron chi connectivity index (χ0n) is 12.9. The average Bonchev–Trinajstić information content (AvgIpc) is 3.10. The maximum atomic E-state index is 13.3. The highest BCUT2D eigenvalue weighted by atomic mass is 35.5. The molecule has 4 rings (SSSR count). The predicted molar refractivity (Wildman–Crippen MR) is 93.2 cm³/mol. The molecule has 7 heteroatoms. The Bertz CT molecular complexity index is 1000. The molecule has 0 unspecified atom stereocenters. The van der Waals surface area contributed by atoms with Crippen LogP contribution in [0.25, 0.3) is 10.9 Å². The smallest absolute Gasteiger partial charge is 0.329 e. The van der Waals surface area contributed by atoms with Gasteiger partial charge in [-0.3, -0.25) is 4.79 Å². The minimum atomic E-state index is -0.701. The number of carbonyl (C=O) groups excluding carboxylic acids is 2. The lowest BCUT2D eigenvalue weighted by Gasteiger charge is -2.14. The summed E-state index contributed by atoms with van der Waals surface area (Å²) in [6.07, 6.45) is 2.03. The second kappa shape index (κ2) is 5.89. The minimum Gasteiger partial charge on any atom is -0.361 e. The number of urea groups is 1. The van der Waals surface area contributed by atoms with Gasteiger partial charge in [0.25, 0.3) is 5.91 Å². The highest BCUT2D eigenvalue weighted by Gasteiger charge is 2.40. The van der Waals surface area contributed by atoms with Crippen LogP contribution >= 0.6 is 11.6 Å². The number of halogens is 2. The Labute approximate surface area is 147 Å². The Morgan fingerprint density at radius 3 is 2.76 bits per heavy atom. The van der Waals surface area contributed by atoms with Crippen LogP contribution in [0.3, 0.4) is 0 Å². The van der Waals surface area contributed by atoms with E-state index in [1.54, 1.807) is 36.5 Å². The molecule has 0 aliphatic carbocycles. The normalized spacial score (nSPS) is 17.4. The number of nitrogens with one attached hydrogen (secondary N) is 2. The Morgan fingerprint density at radius 1 is 1.16 bits per heavy atom. The van der Waals surface area contributed by atoms with E-state index in [0.717, 1.165) is 15.8 Å². The van der Waals surface area contributed by atoms with E-state index in [9.17, 15) is 14.0 Å². The van der Waals surface area contributed by atoms with Crippen LogP contribution < -0.4 is 10.2 Å². The number of aromatic amines is 1. The number of benzene rings is 2. The number of hydrogen-bond acceptors (Lipinski definition) is 2. The Balaban J connectivity index is 1.63. The average molecular weight is 358 g/mol. The molecule has 1 aliphatic heterocycles. The van der Waals surface area contributed by atoms with Gasteiger partial charge in [-0.15, -0.1) is 0 Å². The number of imide groups is 1. The summed E-state index contributed by atoms with van der Waals surface area (Å²) in [5, 5.41) is 3.83. The molecule has 1 aliphatic rings. The lowest BCUT2D eigenvalue weighted by molar-refractivity contribution is -0.118. The molecule has 1 aromatic heterocycles. The number of hydrogen-bond donors (Lipinski definition) is 2. The van der Waals surface area contributed by atoms with E-state index >= 15 is 0 Å². The molecule has 0 bridgehead atoms. The zero-order chi connectivity index (χ0) is 17.6. The fourth-order valence-electron chi connectivity index (χ4n) is 3.08. The first-order valence-corrected chi connectivity index (χ1v) is 8.07. The van der Waals surface area contributed by atoms with E-state index < -0.39 is 12.1 Å². The van der Waals surface area contributed by atoms with Gasteiger partial charge in [0.05, 0.1) is 10.7 Å². The van der Waals surface area contributed by atoms with Crippen molar-refractivity contribution in [2.75, 3.05) is 4.90 Å². The Hall–Kier alpha value is -2.86. The van der Waals surface area contributed by atoms with Gasteiger partial charge in [-0.05, 0) is 35.9 Å². The van der Waals surface area contributed by atoms with Crippen molar-refractivity contribution >= 4 is 40.1 Å². The highest BCUT2D eigenvalue weighted by Crippen LogP contribution is 2.29. The van der Waals surface area contributed by atoms with E-state index in [4.69, 9.17) is 11.6 Å². The van der Waals surface area contributed by atoms with Gasteiger partial charge in [-0.1, -0.05) is 23.7 Å². The van der Waals surface area contributed by atoms with Crippen LogP contribution in [0.15, 0.2) is 48.7 Å². The molecule has 1 saturated heterocycles. The molecule has 2 aromatic carbocycles. The number of amides is 3. The van der Waals surface area contributed by atoms with Crippen LogP contribution in [0.1, 0.15) is 5.56 Å². The van der Waals surface area contributed by atoms with Crippen molar-refractivity contribution in [2.24, 2.45) is 0 Å². The monoisotopic (exact) mass is 357 g/mol. The fraction of sp³-hybridized carbons (Fsp3) is 0.111. The van der Waals surface area contributed by atoms with Gasteiger partial charge in [0.1, 0.15) is 11.9 Å². The summed E-state index contributed by atoms with van der Waals surface area (Å²) in [6, 6.07) is 9.89. The number of fused-ring (bicyclic) bond motifs is 1. The summed E-state index contributed by atoms with van der Waals surface area (Å²) < 4.78 is 13.3. The van der Waals surface area contributed by atoms with Gasteiger partial charge in [-0.25, -0.2) is 14.1 Å². The van der Waals surface area contributed by atoms with E-state index in [2.05, 4.69) is 10.3 Å². The molecule has 126 valence electrons. The van der Waals surface area contributed by atoms with E-state index in [1.807, 2.05) is 0 Å². The molecule has 5 nitrogen and oxygen atoms in total. The number of para-hydroxylation sites is 1. The number of anilines is 1. The lowest BCUT2D eigenvalue weighted by Crippen LogP contribution is -2.32. The number of H-pyrrole nitrogens is 1. The molecule has 0 spiro atoms. The summed E-state index contributed by atoms with van der Waals surface area (Å²) in [6.45, 7) is 0. The van der Waals surface area contributed by atoms with E-state index in [1.165, 1.54) is 12.1 Å². The minimum absolute atomic E-state index is 0.303. The SMILES string of the molecule is O=C1N[C@@H](Cc2c[nH]c3cc(F)ccc23)C(=O)N1c1ccccc1Cl. The van der Waals surface area contributed by atoms with Gasteiger partial charge >= 0.3 is 6.03 Å². The van der Waals surface area contributed by atoms with Gasteiger partial charge in [0, 0.05) is 23.5 Å². The third-order valence-electron chi connectivity index (χ3n) is 4.27. The van der Waals surface area contributed by atoms with Crippen LogP contribution in [0, 0.1) is 5.82 Å². The summed E-state index contributed by atoms with van der Waals surface area (Å²) >= 11 is 6.10. The number of nitrogens with zero attached hydrogens (tertiary/aromatic N) is 1. The van der Waals surface area contributed by atoms with Gasteiger partial charge in [0.2, 0.25) is 0 Å². The van der Waals surface area contributed by atoms with Gasteiger partial charge in [0.15, 0.2) is 0 Å². The van der Waals surface area contributed by atoms with Crippen molar-refractivity contribution in [2.45, 2.75) is 12.5 Å². The highest BCUT2D eigenvalue weighted by molar-refractivity contribution is 6.35. The number of aromatic nitrogens is 1. The first-order chi connectivity index (χ1) is 12.0. The Kier molecular flexibility index (Phi) is 3.69. The summed E-state index contributed by atoms with van der Waals surface area (Å²) in [7, 11) is 0. The van der Waals surface area contributed by atoms with E-state index in [0.29, 0.717) is 22.6 Å². The van der Waals surface area contributed by atoms with Crippen LogP contribution in [0.5, 0.6) is 0 Å². The van der Waals surface area contributed by atoms with Crippen LogP contribution in [-0.2, 0) is 11.2 Å². The van der Waals surface area contributed by atoms with Crippen LogP contribution in [0.4, 0.5) is 14.9 Å². The molecule has 0 radical (unpaired) electrons. The molecule has 1 fully saturated rings. The first-order valence-electron chi connectivity index (χ1n) is 7.69. The maximum absolute atomic E-state index is 13.3. The summed E-state index contributed by atoms with van der Waals surface area (Å²) in [4.78, 5) is 29.0. The van der Waals surface area contributed by atoms with Crippen molar-refractivity contribution in [3.63, 3.8) is 0 Å².